The first-order valence-electron chi connectivity index (χ1n) is 8.99. The van der Waals surface area contributed by atoms with E-state index < -0.39 is 0 Å². The Morgan fingerprint density at radius 1 is 1.19 bits per heavy atom. The molecule has 148 valence electrons. The van der Waals surface area contributed by atoms with Gasteiger partial charge in [-0.05, 0) is 42.5 Å². The maximum atomic E-state index is 10.0. The molecule has 0 saturated carbocycles. The molecule has 0 spiro atoms. The predicted molar refractivity (Wildman–Crippen MR) is 123 cm³/mol. The van der Waals surface area contributed by atoms with Gasteiger partial charge in [-0.1, -0.05) is 37.3 Å². The molecule has 0 heterocycles. The molecule has 6 heteroatoms. The van der Waals surface area contributed by atoms with Crippen molar-refractivity contribution in [2.75, 3.05) is 20.7 Å². The number of aromatic hydroxyl groups is 1. The molecule has 1 atom stereocenters. The molecule has 5 nitrogen and oxygen atoms in total. The van der Waals surface area contributed by atoms with Gasteiger partial charge in [0.15, 0.2) is 5.96 Å². The van der Waals surface area contributed by atoms with Crippen LogP contribution in [0.25, 0.3) is 0 Å². The molecule has 0 bridgehead atoms. The van der Waals surface area contributed by atoms with Gasteiger partial charge < -0.3 is 20.5 Å². The smallest absolute Gasteiger partial charge is 0.191 e. The fourth-order valence-electron chi connectivity index (χ4n) is 2.72. The molecule has 0 radical (unpaired) electrons. The molecule has 2 aromatic carbocycles. The summed E-state index contributed by atoms with van der Waals surface area (Å²) < 4.78 is 5.11. The number of aliphatic imine (C=N–C) groups is 1. The van der Waals surface area contributed by atoms with E-state index in [1.807, 2.05) is 12.1 Å². The summed E-state index contributed by atoms with van der Waals surface area (Å²) in [6, 6.07) is 14.1. The van der Waals surface area contributed by atoms with Gasteiger partial charge in [-0.15, -0.1) is 24.0 Å². The molecule has 0 aromatic heterocycles. The zero-order chi connectivity index (χ0) is 18.9. The summed E-state index contributed by atoms with van der Waals surface area (Å²) in [6.45, 7) is 4.94. The van der Waals surface area contributed by atoms with Crippen LogP contribution in [0.3, 0.4) is 0 Å². The molecule has 0 saturated heterocycles. The van der Waals surface area contributed by atoms with Crippen LogP contribution in [0, 0.1) is 0 Å². The third-order valence-corrected chi connectivity index (χ3v) is 4.44. The summed E-state index contributed by atoms with van der Waals surface area (Å²) in [5, 5.41) is 16.7. The largest absolute Gasteiger partial charge is 0.508 e. The SMILES string of the molecule is CCc1ccc(C(C)NC(=NC)NCCc2ccc(OC)cc2O)cc1.I. The summed E-state index contributed by atoms with van der Waals surface area (Å²) in [5.74, 6) is 1.64. The Bertz CT molecular complexity index is 733. The summed E-state index contributed by atoms with van der Waals surface area (Å²) >= 11 is 0. The highest BCUT2D eigenvalue weighted by Gasteiger charge is 2.08. The standard InChI is InChI=1S/C21H29N3O2.HI/c1-5-16-6-8-17(9-7-16)15(2)24-21(22-3)23-13-12-18-10-11-19(26-4)14-20(18)25;/h6-11,14-15,25H,5,12-13H2,1-4H3,(H2,22,23,24);1H. The van der Waals surface area contributed by atoms with Crippen molar-refractivity contribution < 1.29 is 9.84 Å². The quantitative estimate of drug-likeness (QED) is 0.316. The Morgan fingerprint density at radius 2 is 1.89 bits per heavy atom. The number of nitrogens with one attached hydrogen (secondary N) is 2. The lowest BCUT2D eigenvalue weighted by molar-refractivity contribution is 0.406. The maximum Gasteiger partial charge on any atom is 0.191 e. The topological polar surface area (TPSA) is 65.9 Å². The van der Waals surface area contributed by atoms with Crippen molar-refractivity contribution in [2.24, 2.45) is 4.99 Å². The number of guanidine groups is 1. The van der Waals surface area contributed by atoms with Crippen LogP contribution in [0.2, 0.25) is 0 Å². The lowest BCUT2D eigenvalue weighted by Gasteiger charge is -2.18. The van der Waals surface area contributed by atoms with Gasteiger partial charge in [0, 0.05) is 19.7 Å². The molecule has 3 N–H and O–H groups in total. The molecule has 2 rings (SSSR count). The molecular formula is C21H30IN3O2. The second-order valence-electron chi connectivity index (χ2n) is 6.20. The van der Waals surface area contributed by atoms with Crippen LogP contribution < -0.4 is 15.4 Å². The molecule has 0 amide bonds. The van der Waals surface area contributed by atoms with Gasteiger partial charge in [0.1, 0.15) is 11.5 Å². The van der Waals surface area contributed by atoms with Gasteiger partial charge in [0.25, 0.3) is 0 Å². The highest BCUT2D eigenvalue weighted by molar-refractivity contribution is 14.0. The third-order valence-electron chi connectivity index (χ3n) is 4.44. The zero-order valence-corrected chi connectivity index (χ0v) is 18.8. The van der Waals surface area contributed by atoms with E-state index in [9.17, 15) is 5.11 Å². The van der Waals surface area contributed by atoms with Crippen molar-refractivity contribution in [3.63, 3.8) is 0 Å². The molecular weight excluding hydrogens is 453 g/mol. The monoisotopic (exact) mass is 483 g/mol. The minimum Gasteiger partial charge on any atom is -0.508 e. The number of phenolic OH excluding ortho intramolecular Hbond substituents is 1. The molecule has 0 fully saturated rings. The van der Waals surface area contributed by atoms with E-state index >= 15 is 0 Å². The minimum absolute atomic E-state index is 0. The average molecular weight is 483 g/mol. The van der Waals surface area contributed by atoms with Crippen molar-refractivity contribution >= 4 is 29.9 Å². The number of hydrogen-bond donors (Lipinski definition) is 3. The molecule has 0 aliphatic carbocycles. The van der Waals surface area contributed by atoms with Crippen molar-refractivity contribution in [3.05, 3.63) is 59.2 Å². The Balaban J connectivity index is 0.00000364. The minimum atomic E-state index is 0. The number of rotatable bonds is 7. The third kappa shape index (κ3) is 6.93. The second-order valence-corrected chi connectivity index (χ2v) is 6.20. The fraction of sp³-hybridized carbons (Fsp3) is 0.381. The lowest BCUT2D eigenvalue weighted by atomic mass is 10.1. The number of halogens is 1. The number of ether oxygens (including phenoxy) is 1. The molecule has 0 aliphatic heterocycles. The van der Waals surface area contributed by atoms with Crippen LogP contribution in [0.4, 0.5) is 0 Å². The molecule has 0 aliphatic rings. The first-order valence-corrected chi connectivity index (χ1v) is 8.99. The van der Waals surface area contributed by atoms with Crippen LogP contribution in [0.5, 0.6) is 11.5 Å². The summed E-state index contributed by atoms with van der Waals surface area (Å²) in [7, 11) is 3.34. The van der Waals surface area contributed by atoms with Gasteiger partial charge >= 0.3 is 0 Å². The molecule has 2 aromatic rings. The summed E-state index contributed by atoms with van der Waals surface area (Å²) in [6.07, 6.45) is 1.74. The van der Waals surface area contributed by atoms with E-state index in [4.69, 9.17) is 4.74 Å². The van der Waals surface area contributed by atoms with Crippen LogP contribution in [-0.4, -0.2) is 31.8 Å². The maximum absolute atomic E-state index is 10.0. The number of phenols is 1. The van der Waals surface area contributed by atoms with Crippen LogP contribution >= 0.6 is 24.0 Å². The number of aryl methyl sites for hydroxylation is 1. The Kier molecular flexibility index (Phi) is 9.99. The van der Waals surface area contributed by atoms with Crippen molar-refractivity contribution in [1.82, 2.24) is 10.6 Å². The average Bonchev–Trinajstić information content (AvgIpc) is 2.68. The van der Waals surface area contributed by atoms with Crippen LogP contribution in [0.15, 0.2) is 47.5 Å². The second kappa shape index (κ2) is 11.7. The number of hydrogen-bond acceptors (Lipinski definition) is 3. The lowest BCUT2D eigenvalue weighted by Crippen LogP contribution is -2.39. The normalized spacial score (nSPS) is 12.1. The summed E-state index contributed by atoms with van der Waals surface area (Å²) in [4.78, 5) is 4.28. The first-order chi connectivity index (χ1) is 12.6. The van der Waals surface area contributed by atoms with Crippen LogP contribution in [-0.2, 0) is 12.8 Å². The highest BCUT2D eigenvalue weighted by atomic mass is 127. The highest BCUT2D eigenvalue weighted by Crippen LogP contribution is 2.23. The van der Waals surface area contributed by atoms with E-state index in [0.29, 0.717) is 18.7 Å². The first kappa shape index (κ1) is 23.1. The Morgan fingerprint density at radius 3 is 2.44 bits per heavy atom. The van der Waals surface area contributed by atoms with Crippen molar-refractivity contribution in [3.8, 4) is 11.5 Å². The van der Waals surface area contributed by atoms with Crippen molar-refractivity contribution in [2.45, 2.75) is 32.7 Å². The van der Waals surface area contributed by atoms with E-state index in [2.05, 4.69) is 53.7 Å². The number of nitrogens with zero attached hydrogens (tertiary/aromatic N) is 1. The Hall–Kier alpha value is -1.96. The molecule has 27 heavy (non-hydrogen) atoms. The number of methoxy groups -OCH3 is 1. The van der Waals surface area contributed by atoms with Gasteiger partial charge in [-0.3, -0.25) is 4.99 Å². The van der Waals surface area contributed by atoms with Crippen LogP contribution in [0.1, 0.15) is 36.6 Å². The summed E-state index contributed by atoms with van der Waals surface area (Å²) in [5.41, 5.74) is 3.43. The Labute approximate surface area is 179 Å². The van der Waals surface area contributed by atoms with Crippen molar-refractivity contribution in [1.29, 1.82) is 0 Å². The zero-order valence-electron chi connectivity index (χ0n) is 16.5. The predicted octanol–water partition coefficient (Wildman–Crippen LogP) is 4.05. The number of benzene rings is 2. The van der Waals surface area contributed by atoms with Gasteiger partial charge in [-0.25, -0.2) is 0 Å². The van der Waals surface area contributed by atoms with E-state index in [-0.39, 0.29) is 35.8 Å². The molecule has 1 unspecified atom stereocenters. The van der Waals surface area contributed by atoms with Gasteiger partial charge in [0.2, 0.25) is 0 Å². The van der Waals surface area contributed by atoms with Gasteiger partial charge in [-0.2, -0.15) is 0 Å². The fourth-order valence-corrected chi connectivity index (χ4v) is 2.72. The van der Waals surface area contributed by atoms with Gasteiger partial charge in [0.05, 0.1) is 13.2 Å². The van der Waals surface area contributed by atoms with E-state index in [1.165, 1.54) is 11.1 Å². The van der Waals surface area contributed by atoms with E-state index in [1.54, 1.807) is 20.2 Å². The van der Waals surface area contributed by atoms with E-state index in [0.717, 1.165) is 17.9 Å².